The van der Waals surface area contributed by atoms with E-state index in [9.17, 15) is 52.8 Å². The zero-order valence-corrected chi connectivity index (χ0v) is 40.1. The standard InChI is InChI=1S/2C22H22F3N3O8S/c2*1-32-21-19(33-12-14-8-4-2-5-9-14)17(27-28-26)18(36-37(30,31)22(23,24)25)16(35-21)13-34-20(29)15-10-6-3-7-11-15/h2*2-11,16-19,21H,12-13H2,1H3/t16?,17-,18+,19?,21+;16?,17-,18+,19?,21-/m00/s1. The van der Waals surface area contributed by atoms with Gasteiger partial charge >= 0.3 is 43.2 Å². The fourth-order valence-electron chi connectivity index (χ4n) is 6.98. The molecule has 0 radical (unpaired) electrons. The van der Waals surface area contributed by atoms with Crippen LogP contribution in [-0.2, 0) is 79.7 Å². The Hall–Kier alpha value is -6.40. The second-order valence-corrected chi connectivity index (χ2v) is 18.4. The molecule has 2 fully saturated rings. The summed E-state index contributed by atoms with van der Waals surface area (Å²) < 4.78 is 179. The van der Waals surface area contributed by atoms with Crippen LogP contribution in [0.2, 0.25) is 0 Å². The molecule has 0 bridgehead atoms. The molecule has 30 heteroatoms. The van der Waals surface area contributed by atoms with Gasteiger partial charge in [0.25, 0.3) is 0 Å². The maximum absolute atomic E-state index is 13.2. The lowest BCUT2D eigenvalue weighted by atomic mass is 9.96. The number of benzene rings is 4. The van der Waals surface area contributed by atoms with Crippen LogP contribution in [-0.4, -0.2) is 129 Å². The van der Waals surface area contributed by atoms with Crippen LogP contribution in [0.4, 0.5) is 26.3 Å². The predicted molar refractivity (Wildman–Crippen MR) is 240 cm³/mol. The van der Waals surface area contributed by atoms with Crippen molar-refractivity contribution in [1.29, 1.82) is 0 Å². The van der Waals surface area contributed by atoms with E-state index in [2.05, 4.69) is 28.4 Å². The summed E-state index contributed by atoms with van der Waals surface area (Å²) in [5.74, 6) is -1.73. The molecule has 2 aliphatic heterocycles. The van der Waals surface area contributed by atoms with E-state index < -0.39 is 118 Å². The lowest BCUT2D eigenvalue weighted by molar-refractivity contribution is -0.276. The minimum absolute atomic E-state index is 0.113. The topological polar surface area (TPSA) is 292 Å². The van der Waals surface area contributed by atoms with Gasteiger partial charge in [-0.3, -0.25) is 8.37 Å². The number of ether oxygens (including phenoxy) is 8. The van der Waals surface area contributed by atoms with E-state index in [1.165, 1.54) is 38.5 Å². The van der Waals surface area contributed by atoms with Crippen LogP contribution >= 0.6 is 0 Å². The van der Waals surface area contributed by atoms with Gasteiger partial charge in [0.2, 0.25) is 0 Å². The van der Waals surface area contributed by atoms with Gasteiger partial charge in [-0.05, 0) is 46.5 Å². The van der Waals surface area contributed by atoms with Crippen molar-refractivity contribution in [3.63, 3.8) is 0 Å². The van der Waals surface area contributed by atoms with Gasteiger partial charge in [-0.15, -0.1) is 0 Å². The Morgan fingerprint density at radius 3 is 1.14 bits per heavy atom. The number of esters is 2. The summed E-state index contributed by atoms with van der Waals surface area (Å²) in [7, 11) is -9.99. The molecule has 22 nitrogen and oxygen atoms in total. The SMILES string of the molecule is CO[C@@H]1OC(COC(=O)c2ccccc2)[C@@H](OS(=O)(=O)C(F)(F)F)[C@H](N=[N+]=[N-])C1OCc1ccccc1.CO[C@H]1OC(COC(=O)c2ccccc2)[C@@H](OS(=O)(=O)C(F)(F)F)[C@H](N=[N+]=[N-])C1OCc1ccccc1. The molecular formula is C44H44F6N6O16S2. The van der Waals surface area contributed by atoms with E-state index in [0.29, 0.717) is 11.1 Å². The summed E-state index contributed by atoms with van der Waals surface area (Å²) in [6.45, 7) is -1.74. The Morgan fingerprint density at radius 2 is 0.851 bits per heavy atom. The average molecular weight is 1090 g/mol. The molecule has 2 aliphatic rings. The van der Waals surface area contributed by atoms with E-state index in [1.54, 1.807) is 97.1 Å². The second kappa shape index (κ2) is 26.7. The van der Waals surface area contributed by atoms with Crippen molar-refractivity contribution in [3.05, 3.63) is 164 Å². The lowest BCUT2D eigenvalue weighted by Crippen LogP contribution is -2.61. The fraction of sp³-hybridized carbons (Fsp3) is 0.409. The number of azide groups is 2. The monoisotopic (exact) mass is 1090 g/mol. The van der Waals surface area contributed by atoms with Gasteiger partial charge in [0.05, 0.1) is 36.4 Å². The largest absolute Gasteiger partial charge is 0.523 e. The first-order chi connectivity index (χ1) is 35.1. The van der Waals surface area contributed by atoms with E-state index in [4.69, 9.17) is 49.0 Å². The van der Waals surface area contributed by atoms with Crippen molar-refractivity contribution in [1.82, 2.24) is 0 Å². The molecule has 2 saturated heterocycles. The summed E-state index contributed by atoms with van der Waals surface area (Å²) in [6, 6.07) is 29.0. The molecule has 0 spiro atoms. The number of rotatable bonds is 20. The van der Waals surface area contributed by atoms with Gasteiger partial charge in [-0.2, -0.15) is 43.2 Å². The lowest BCUT2D eigenvalue weighted by Gasteiger charge is -2.43. The maximum Gasteiger partial charge on any atom is 0.523 e. The summed E-state index contributed by atoms with van der Waals surface area (Å²) in [5.41, 5.74) is 8.19. The molecule has 10 atom stereocenters. The Morgan fingerprint density at radius 1 is 0.541 bits per heavy atom. The first-order valence-electron chi connectivity index (χ1n) is 21.3. The van der Waals surface area contributed by atoms with Gasteiger partial charge in [0.15, 0.2) is 12.6 Å². The summed E-state index contributed by atoms with van der Waals surface area (Å²) in [5, 5.41) is 6.91. The third kappa shape index (κ3) is 15.8. The predicted octanol–water partition coefficient (Wildman–Crippen LogP) is 7.43. The van der Waals surface area contributed by atoms with E-state index in [-0.39, 0.29) is 24.3 Å². The Labute approximate surface area is 417 Å². The van der Waals surface area contributed by atoms with Gasteiger partial charge in [0.1, 0.15) is 49.8 Å². The van der Waals surface area contributed by atoms with Crippen molar-refractivity contribution < 1.29 is 99.0 Å². The second-order valence-electron chi connectivity index (χ2n) is 15.3. The molecule has 4 aromatic rings. The van der Waals surface area contributed by atoms with Crippen LogP contribution in [0.3, 0.4) is 0 Å². The number of halogens is 6. The highest BCUT2D eigenvalue weighted by molar-refractivity contribution is 7.87. The molecule has 74 heavy (non-hydrogen) atoms. The van der Waals surface area contributed by atoms with Crippen LogP contribution in [0.1, 0.15) is 31.8 Å². The smallest absolute Gasteiger partial charge is 0.459 e. The van der Waals surface area contributed by atoms with Crippen LogP contribution in [0.15, 0.2) is 132 Å². The first kappa shape index (κ1) is 58.5. The van der Waals surface area contributed by atoms with E-state index in [0.717, 1.165) is 0 Å². The van der Waals surface area contributed by atoms with E-state index in [1.807, 2.05) is 0 Å². The molecule has 0 aliphatic carbocycles. The van der Waals surface area contributed by atoms with Gasteiger partial charge in [-0.1, -0.05) is 107 Å². The third-order valence-electron chi connectivity index (χ3n) is 10.5. The highest BCUT2D eigenvalue weighted by Gasteiger charge is 2.57. The highest BCUT2D eigenvalue weighted by Crippen LogP contribution is 2.36. The number of carbonyl (C=O) groups is 2. The van der Waals surface area contributed by atoms with Crippen LogP contribution < -0.4 is 0 Å². The van der Waals surface area contributed by atoms with Gasteiger partial charge in [0, 0.05) is 24.0 Å². The van der Waals surface area contributed by atoms with E-state index >= 15 is 0 Å². The minimum atomic E-state index is -6.19. The summed E-state index contributed by atoms with van der Waals surface area (Å²) in [4.78, 5) is 30.0. The molecule has 0 saturated carbocycles. The van der Waals surface area contributed by atoms with Gasteiger partial charge in [-0.25, -0.2) is 9.59 Å². The Balaban J connectivity index is 0.000000274. The molecule has 0 N–H and O–H groups in total. The minimum Gasteiger partial charge on any atom is -0.459 e. The van der Waals surface area contributed by atoms with Crippen LogP contribution in [0.25, 0.3) is 20.9 Å². The fourth-order valence-corrected chi connectivity index (χ4v) is 8.26. The van der Waals surface area contributed by atoms with Crippen LogP contribution in [0, 0.1) is 0 Å². The van der Waals surface area contributed by atoms with Crippen molar-refractivity contribution in [2.45, 2.75) is 85.5 Å². The van der Waals surface area contributed by atoms with Crippen molar-refractivity contribution in [2.24, 2.45) is 10.2 Å². The maximum atomic E-state index is 13.2. The number of hydrogen-bond donors (Lipinski definition) is 0. The van der Waals surface area contributed by atoms with Crippen molar-refractivity contribution in [3.8, 4) is 0 Å². The highest BCUT2D eigenvalue weighted by atomic mass is 32.2. The molecule has 6 rings (SSSR count). The number of hydrogen-bond acceptors (Lipinski definition) is 18. The van der Waals surface area contributed by atoms with Crippen molar-refractivity contribution >= 4 is 32.2 Å². The normalized spacial score (nSPS) is 24.2. The Kier molecular flexibility index (Phi) is 21.1. The number of methoxy groups -OCH3 is 2. The number of nitrogens with zero attached hydrogens (tertiary/aromatic N) is 6. The summed E-state index contributed by atoms with van der Waals surface area (Å²) >= 11 is 0. The number of alkyl halides is 6. The molecular weight excluding hydrogens is 1050 g/mol. The zero-order chi connectivity index (χ0) is 54.1. The molecule has 2 heterocycles. The molecule has 0 aromatic heterocycles. The quantitative estimate of drug-likeness (QED) is 0.0158. The summed E-state index contributed by atoms with van der Waals surface area (Å²) in [6.07, 6.45) is -13.0. The van der Waals surface area contributed by atoms with Crippen molar-refractivity contribution in [2.75, 3.05) is 27.4 Å². The molecule has 4 aromatic carbocycles. The number of carbonyl (C=O) groups excluding carboxylic acids is 2. The molecule has 400 valence electrons. The average Bonchev–Trinajstić information content (AvgIpc) is 3.38. The van der Waals surface area contributed by atoms with Gasteiger partial charge < -0.3 is 37.9 Å². The zero-order valence-electron chi connectivity index (χ0n) is 38.4. The Bertz CT molecular complexity index is 2580. The molecule has 4 unspecified atom stereocenters. The van der Waals surface area contributed by atoms with Crippen LogP contribution in [0.5, 0.6) is 0 Å². The molecule has 0 amide bonds. The first-order valence-corrected chi connectivity index (χ1v) is 24.2. The third-order valence-corrected chi connectivity index (χ3v) is 12.5.